The highest BCUT2D eigenvalue weighted by molar-refractivity contribution is 6.31. The third-order valence-corrected chi connectivity index (χ3v) is 5.11. The van der Waals surface area contributed by atoms with Crippen LogP contribution in [0.15, 0.2) is 24.3 Å². The van der Waals surface area contributed by atoms with Crippen molar-refractivity contribution in [2.75, 3.05) is 26.7 Å². The van der Waals surface area contributed by atoms with Gasteiger partial charge in [-0.15, -0.1) is 0 Å². The third kappa shape index (κ3) is 4.98. The van der Waals surface area contributed by atoms with E-state index in [1.807, 2.05) is 19.2 Å². The Balaban J connectivity index is 1.81. The number of piperidine rings is 1. The van der Waals surface area contributed by atoms with E-state index in [1.54, 1.807) is 0 Å². The zero-order valence-corrected chi connectivity index (χ0v) is 14.2. The van der Waals surface area contributed by atoms with E-state index < -0.39 is 0 Å². The van der Waals surface area contributed by atoms with Gasteiger partial charge in [0, 0.05) is 11.1 Å². The van der Waals surface area contributed by atoms with Crippen LogP contribution in [0.2, 0.25) is 5.02 Å². The van der Waals surface area contributed by atoms with E-state index in [9.17, 15) is 0 Å². The average Bonchev–Trinajstić information content (AvgIpc) is 2.51. The van der Waals surface area contributed by atoms with Crippen LogP contribution in [-0.4, -0.2) is 31.6 Å². The van der Waals surface area contributed by atoms with E-state index in [4.69, 9.17) is 11.6 Å². The lowest BCUT2D eigenvalue weighted by Crippen LogP contribution is -2.35. The first-order chi connectivity index (χ1) is 10.2. The molecule has 2 nitrogen and oxygen atoms in total. The number of halogens is 1. The molecular weight excluding hydrogens is 280 g/mol. The highest BCUT2D eigenvalue weighted by Gasteiger charge is 2.20. The molecule has 1 unspecified atom stereocenters. The van der Waals surface area contributed by atoms with E-state index in [0.717, 1.165) is 23.9 Å². The predicted octanol–water partition coefficient (Wildman–Crippen LogP) is 4.50. The zero-order chi connectivity index (χ0) is 15.1. The Hall–Kier alpha value is -0.570. The Bertz CT molecular complexity index is 413. The van der Waals surface area contributed by atoms with Gasteiger partial charge in [0.2, 0.25) is 0 Å². The molecule has 0 bridgehead atoms. The second-order valence-electron chi connectivity index (χ2n) is 6.23. The molecule has 3 heteroatoms. The van der Waals surface area contributed by atoms with Crippen molar-refractivity contribution in [1.29, 1.82) is 0 Å². The van der Waals surface area contributed by atoms with Crippen LogP contribution in [0.1, 0.15) is 50.6 Å². The van der Waals surface area contributed by atoms with Crippen LogP contribution in [0.5, 0.6) is 0 Å². The van der Waals surface area contributed by atoms with Gasteiger partial charge in [-0.3, -0.25) is 0 Å². The zero-order valence-electron chi connectivity index (χ0n) is 13.4. The summed E-state index contributed by atoms with van der Waals surface area (Å²) in [5, 5.41) is 4.29. The van der Waals surface area contributed by atoms with Crippen LogP contribution in [0.25, 0.3) is 0 Å². The van der Waals surface area contributed by atoms with Crippen LogP contribution in [-0.2, 0) is 0 Å². The molecule has 1 aliphatic heterocycles. The molecule has 1 N–H and O–H groups in total. The summed E-state index contributed by atoms with van der Waals surface area (Å²) in [5.74, 6) is 0.968. The molecule has 1 aromatic carbocycles. The first-order valence-corrected chi connectivity index (χ1v) is 8.76. The van der Waals surface area contributed by atoms with E-state index in [2.05, 4.69) is 29.3 Å². The first-order valence-electron chi connectivity index (χ1n) is 8.38. The molecule has 0 spiro atoms. The van der Waals surface area contributed by atoms with Crippen molar-refractivity contribution in [3.8, 4) is 0 Å². The molecule has 1 aromatic rings. The van der Waals surface area contributed by atoms with E-state index in [-0.39, 0.29) is 0 Å². The van der Waals surface area contributed by atoms with Crippen LogP contribution in [0.3, 0.4) is 0 Å². The minimum atomic E-state index is 0.354. The standard InChI is InChI=1S/C18H29ClN2/c1-3-6-15-9-12-21(13-10-15)14-11-18(20-2)16-7-4-5-8-17(16)19/h4-5,7-8,15,18,20H,3,6,9-14H2,1-2H3. The Morgan fingerprint density at radius 1 is 1.29 bits per heavy atom. The number of benzene rings is 1. The van der Waals surface area contributed by atoms with Crippen molar-refractivity contribution >= 4 is 11.6 Å². The van der Waals surface area contributed by atoms with Crippen molar-refractivity contribution < 1.29 is 0 Å². The Morgan fingerprint density at radius 2 is 2.00 bits per heavy atom. The summed E-state index contributed by atoms with van der Waals surface area (Å²) in [6.45, 7) is 6.00. The van der Waals surface area contributed by atoms with Crippen molar-refractivity contribution in [2.24, 2.45) is 5.92 Å². The molecule has 21 heavy (non-hydrogen) atoms. The number of hydrogen-bond acceptors (Lipinski definition) is 2. The normalized spacial score (nSPS) is 18.8. The minimum Gasteiger partial charge on any atom is -0.313 e. The summed E-state index contributed by atoms with van der Waals surface area (Å²) in [4.78, 5) is 2.62. The molecular formula is C18H29ClN2. The topological polar surface area (TPSA) is 15.3 Å². The number of nitrogens with one attached hydrogen (secondary N) is 1. The Morgan fingerprint density at radius 3 is 2.62 bits per heavy atom. The summed E-state index contributed by atoms with van der Waals surface area (Å²) in [6.07, 6.45) is 6.62. The van der Waals surface area contributed by atoms with Crippen LogP contribution >= 0.6 is 11.6 Å². The first kappa shape index (κ1) is 16.8. The highest BCUT2D eigenvalue weighted by atomic mass is 35.5. The second-order valence-corrected chi connectivity index (χ2v) is 6.63. The van der Waals surface area contributed by atoms with Crippen molar-refractivity contribution in [1.82, 2.24) is 10.2 Å². The van der Waals surface area contributed by atoms with Crippen LogP contribution in [0.4, 0.5) is 0 Å². The summed E-state index contributed by atoms with van der Waals surface area (Å²) in [7, 11) is 2.03. The van der Waals surface area contributed by atoms with Crippen molar-refractivity contribution in [2.45, 2.75) is 45.1 Å². The Labute approximate surface area is 134 Å². The maximum absolute atomic E-state index is 6.32. The third-order valence-electron chi connectivity index (χ3n) is 4.77. The van der Waals surface area contributed by atoms with E-state index in [1.165, 1.54) is 44.3 Å². The lowest BCUT2D eigenvalue weighted by Gasteiger charge is -2.33. The molecule has 1 saturated heterocycles. The van der Waals surface area contributed by atoms with Gasteiger partial charge in [-0.2, -0.15) is 0 Å². The molecule has 0 aromatic heterocycles. The van der Waals surface area contributed by atoms with Gasteiger partial charge < -0.3 is 10.2 Å². The fourth-order valence-corrected chi connectivity index (χ4v) is 3.70. The molecule has 1 aliphatic rings. The molecule has 0 aliphatic carbocycles. The van der Waals surface area contributed by atoms with Gasteiger partial charge in [-0.1, -0.05) is 49.6 Å². The van der Waals surface area contributed by atoms with Gasteiger partial charge in [-0.25, -0.2) is 0 Å². The van der Waals surface area contributed by atoms with Gasteiger partial charge in [0.15, 0.2) is 0 Å². The number of nitrogens with zero attached hydrogens (tertiary/aromatic N) is 1. The minimum absolute atomic E-state index is 0.354. The van der Waals surface area contributed by atoms with Gasteiger partial charge in [0.05, 0.1) is 0 Å². The summed E-state index contributed by atoms with van der Waals surface area (Å²) >= 11 is 6.32. The van der Waals surface area contributed by atoms with E-state index in [0.29, 0.717) is 6.04 Å². The maximum atomic E-state index is 6.32. The number of likely N-dealkylation sites (tertiary alicyclic amines) is 1. The SMILES string of the molecule is CCCC1CCN(CCC(NC)c2ccccc2Cl)CC1. The monoisotopic (exact) mass is 308 g/mol. The predicted molar refractivity (Wildman–Crippen MR) is 91.9 cm³/mol. The van der Waals surface area contributed by atoms with E-state index >= 15 is 0 Å². The van der Waals surface area contributed by atoms with Gasteiger partial charge >= 0.3 is 0 Å². The highest BCUT2D eigenvalue weighted by Crippen LogP contribution is 2.26. The smallest absolute Gasteiger partial charge is 0.0453 e. The molecule has 2 rings (SSSR count). The summed E-state index contributed by atoms with van der Waals surface area (Å²) < 4.78 is 0. The summed E-state index contributed by atoms with van der Waals surface area (Å²) in [5.41, 5.74) is 1.22. The largest absolute Gasteiger partial charge is 0.313 e. The van der Waals surface area contributed by atoms with Gasteiger partial charge in [0.1, 0.15) is 0 Å². The molecule has 1 fully saturated rings. The number of hydrogen-bond donors (Lipinski definition) is 1. The molecule has 118 valence electrons. The van der Waals surface area contributed by atoms with Crippen LogP contribution < -0.4 is 5.32 Å². The lowest BCUT2D eigenvalue weighted by molar-refractivity contribution is 0.172. The molecule has 0 saturated carbocycles. The fraction of sp³-hybridized carbons (Fsp3) is 0.667. The van der Waals surface area contributed by atoms with Crippen molar-refractivity contribution in [3.05, 3.63) is 34.9 Å². The van der Waals surface area contributed by atoms with Crippen molar-refractivity contribution in [3.63, 3.8) is 0 Å². The lowest BCUT2D eigenvalue weighted by atomic mass is 9.92. The summed E-state index contributed by atoms with van der Waals surface area (Å²) in [6, 6.07) is 8.54. The van der Waals surface area contributed by atoms with Crippen LogP contribution in [0, 0.1) is 5.92 Å². The second kappa shape index (κ2) is 8.77. The van der Waals surface area contributed by atoms with Gasteiger partial charge in [-0.05, 0) is 63.5 Å². The molecule has 1 heterocycles. The fourth-order valence-electron chi connectivity index (χ4n) is 3.43. The Kier molecular flexibility index (Phi) is 7.01. The average molecular weight is 309 g/mol. The quantitative estimate of drug-likeness (QED) is 0.797. The number of rotatable bonds is 7. The molecule has 0 amide bonds. The molecule has 0 radical (unpaired) electrons. The van der Waals surface area contributed by atoms with Gasteiger partial charge in [0.25, 0.3) is 0 Å². The maximum Gasteiger partial charge on any atom is 0.0453 e. The molecule has 1 atom stereocenters.